The van der Waals surface area contributed by atoms with Gasteiger partial charge >= 0.3 is 0 Å². The molecule has 122 valence electrons. The summed E-state index contributed by atoms with van der Waals surface area (Å²) < 4.78 is 5.55. The summed E-state index contributed by atoms with van der Waals surface area (Å²) in [7, 11) is 0. The summed E-state index contributed by atoms with van der Waals surface area (Å²) in [5.41, 5.74) is 0. The van der Waals surface area contributed by atoms with Gasteiger partial charge in [0, 0.05) is 6.54 Å². The molecule has 0 radical (unpaired) electrons. The van der Waals surface area contributed by atoms with E-state index in [1.807, 2.05) is 41.5 Å². The molecule has 0 aromatic heterocycles. The first-order valence-corrected chi connectivity index (χ1v) is 8.02. The molecule has 2 amide bonds. The number of amides is 2. The van der Waals surface area contributed by atoms with Gasteiger partial charge in [-0.1, -0.05) is 34.1 Å². The Kier molecular flexibility index (Phi) is 6.65. The van der Waals surface area contributed by atoms with E-state index in [4.69, 9.17) is 4.74 Å². The molecule has 0 aromatic rings. The fourth-order valence-electron chi connectivity index (χ4n) is 2.68. The minimum Gasteiger partial charge on any atom is -0.377 e. The molecule has 0 aromatic carbocycles. The first-order chi connectivity index (χ1) is 9.79. The lowest BCUT2D eigenvalue weighted by Gasteiger charge is -2.42. The largest absolute Gasteiger partial charge is 0.377 e. The highest BCUT2D eigenvalue weighted by atomic mass is 16.5. The van der Waals surface area contributed by atoms with E-state index in [1.165, 1.54) is 0 Å². The Bertz CT molecular complexity index is 369. The lowest BCUT2D eigenvalue weighted by Crippen LogP contribution is -2.66. The maximum Gasteiger partial charge on any atom is 0.246 e. The summed E-state index contributed by atoms with van der Waals surface area (Å²) in [6.45, 7) is 12.8. The van der Waals surface area contributed by atoms with E-state index in [1.54, 1.807) is 4.90 Å². The molecule has 0 aliphatic carbocycles. The van der Waals surface area contributed by atoms with E-state index in [9.17, 15) is 9.59 Å². The predicted octanol–water partition coefficient (Wildman–Crippen LogP) is 1.81. The van der Waals surface area contributed by atoms with Gasteiger partial charge in [-0.25, -0.2) is 0 Å². The quantitative estimate of drug-likeness (QED) is 0.780. The van der Waals surface area contributed by atoms with Crippen LogP contribution in [0.4, 0.5) is 0 Å². The highest BCUT2D eigenvalue weighted by molar-refractivity contribution is 5.97. The molecule has 1 aliphatic rings. The highest BCUT2D eigenvalue weighted by Crippen LogP contribution is 2.21. The zero-order chi connectivity index (χ0) is 16.2. The zero-order valence-electron chi connectivity index (χ0n) is 14.2. The van der Waals surface area contributed by atoms with Gasteiger partial charge in [-0.05, 0) is 25.7 Å². The molecule has 0 saturated carbocycles. The van der Waals surface area contributed by atoms with Gasteiger partial charge in [0.05, 0.1) is 12.7 Å². The van der Waals surface area contributed by atoms with Crippen molar-refractivity contribution in [1.82, 2.24) is 10.2 Å². The third-order valence-corrected chi connectivity index (χ3v) is 4.08. The monoisotopic (exact) mass is 298 g/mol. The van der Waals surface area contributed by atoms with Crippen LogP contribution in [0.3, 0.4) is 0 Å². The highest BCUT2D eigenvalue weighted by Gasteiger charge is 2.43. The second kappa shape index (κ2) is 7.78. The van der Waals surface area contributed by atoms with Crippen LogP contribution in [0.25, 0.3) is 0 Å². The number of hydrogen-bond donors (Lipinski definition) is 1. The number of piperazine rings is 1. The van der Waals surface area contributed by atoms with Crippen molar-refractivity contribution in [2.45, 2.75) is 66.2 Å². The SMILES string of the molecule is CCC(C)C1NC(=O)C(C(C)C)N(CCOC(C)C)C1=O. The van der Waals surface area contributed by atoms with E-state index < -0.39 is 12.1 Å². The third-order valence-electron chi connectivity index (χ3n) is 4.08. The van der Waals surface area contributed by atoms with Crippen molar-refractivity contribution in [2.24, 2.45) is 11.8 Å². The first kappa shape index (κ1) is 18.0. The van der Waals surface area contributed by atoms with Gasteiger partial charge in [0.15, 0.2) is 0 Å². The number of nitrogens with one attached hydrogen (secondary N) is 1. The number of hydrogen-bond acceptors (Lipinski definition) is 3. The van der Waals surface area contributed by atoms with Gasteiger partial charge in [-0.15, -0.1) is 0 Å². The van der Waals surface area contributed by atoms with E-state index in [0.717, 1.165) is 6.42 Å². The Labute approximate surface area is 128 Å². The van der Waals surface area contributed by atoms with Gasteiger partial charge < -0.3 is 15.0 Å². The lowest BCUT2D eigenvalue weighted by molar-refractivity contribution is -0.153. The Morgan fingerprint density at radius 3 is 2.29 bits per heavy atom. The predicted molar refractivity (Wildman–Crippen MR) is 82.8 cm³/mol. The van der Waals surface area contributed by atoms with Crippen LogP contribution < -0.4 is 5.32 Å². The van der Waals surface area contributed by atoms with Crippen LogP contribution >= 0.6 is 0 Å². The molecule has 1 fully saturated rings. The standard InChI is InChI=1S/C16H30N2O3/c1-7-12(6)13-16(20)18(8-9-21-11(4)5)14(10(2)3)15(19)17-13/h10-14H,7-9H2,1-6H3,(H,17,19). The van der Waals surface area contributed by atoms with Crippen molar-refractivity contribution in [3.63, 3.8) is 0 Å². The van der Waals surface area contributed by atoms with Gasteiger partial charge in [-0.2, -0.15) is 0 Å². The molecule has 1 aliphatic heterocycles. The normalized spacial score (nSPS) is 24.7. The van der Waals surface area contributed by atoms with E-state index in [0.29, 0.717) is 13.2 Å². The fraction of sp³-hybridized carbons (Fsp3) is 0.875. The van der Waals surface area contributed by atoms with Crippen molar-refractivity contribution in [1.29, 1.82) is 0 Å². The summed E-state index contributed by atoms with van der Waals surface area (Å²) in [6, 6.07) is -0.801. The molecule has 21 heavy (non-hydrogen) atoms. The second-order valence-electron chi connectivity index (χ2n) is 6.51. The molecule has 0 bridgehead atoms. The van der Waals surface area contributed by atoms with E-state index in [-0.39, 0.29) is 29.8 Å². The molecule has 3 unspecified atom stereocenters. The van der Waals surface area contributed by atoms with Crippen molar-refractivity contribution in [2.75, 3.05) is 13.2 Å². The lowest BCUT2D eigenvalue weighted by atomic mass is 9.91. The summed E-state index contributed by atoms with van der Waals surface area (Å²) >= 11 is 0. The molecule has 5 heteroatoms. The Morgan fingerprint density at radius 1 is 1.19 bits per heavy atom. The van der Waals surface area contributed by atoms with Gasteiger partial charge in [-0.3, -0.25) is 9.59 Å². The van der Waals surface area contributed by atoms with E-state index >= 15 is 0 Å². The van der Waals surface area contributed by atoms with Crippen molar-refractivity contribution >= 4 is 11.8 Å². The fourth-order valence-corrected chi connectivity index (χ4v) is 2.68. The maximum atomic E-state index is 12.7. The van der Waals surface area contributed by atoms with Crippen LogP contribution in [-0.2, 0) is 14.3 Å². The molecule has 1 heterocycles. The van der Waals surface area contributed by atoms with Crippen LogP contribution in [0.5, 0.6) is 0 Å². The van der Waals surface area contributed by atoms with Gasteiger partial charge in [0.2, 0.25) is 11.8 Å². The molecular formula is C16H30N2O3. The first-order valence-electron chi connectivity index (χ1n) is 8.02. The molecule has 3 atom stereocenters. The Hall–Kier alpha value is -1.10. The van der Waals surface area contributed by atoms with Crippen LogP contribution in [-0.4, -0.2) is 48.1 Å². The molecule has 1 rings (SSSR count). The number of carbonyl (C=O) groups excluding carboxylic acids is 2. The summed E-state index contributed by atoms with van der Waals surface area (Å²) in [5, 5.41) is 2.91. The van der Waals surface area contributed by atoms with Crippen LogP contribution in [0.2, 0.25) is 0 Å². The molecule has 1 saturated heterocycles. The van der Waals surface area contributed by atoms with Gasteiger partial charge in [0.1, 0.15) is 12.1 Å². The Morgan fingerprint density at radius 2 is 1.81 bits per heavy atom. The molecular weight excluding hydrogens is 268 g/mol. The van der Waals surface area contributed by atoms with Crippen molar-refractivity contribution < 1.29 is 14.3 Å². The van der Waals surface area contributed by atoms with Crippen molar-refractivity contribution in [3.05, 3.63) is 0 Å². The van der Waals surface area contributed by atoms with Crippen molar-refractivity contribution in [3.8, 4) is 0 Å². The number of carbonyl (C=O) groups is 2. The number of ether oxygens (including phenoxy) is 1. The molecule has 0 spiro atoms. The van der Waals surface area contributed by atoms with Crippen LogP contribution in [0.15, 0.2) is 0 Å². The number of nitrogens with zero attached hydrogens (tertiary/aromatic N) is 1. The molecule has 1 N–H and O–H groups in total. The smallest absolute Gasteiger partial charge is 0.246 e. The van der Waals surface area contributed by atoms with E-state index in [2.05, 4.69) is 5.32 Å². The number of rotatable bonds is 7. The topological polar surface area (TPSA) is 58.6 Å². The second-order valence-corrected chi connectivity index (χ2v) is 6.51. The average Bonchev–Trinajstić information content (AvgIpc) is 2.40. The average molecular weight is 298 g/mol. The van der Waals surface area contributed by atoms with Crippen LogP contribution in [0, 0.1) is 11.8 Å². The summed E-state index contributed by atoms with van der Waals surface area (Å²) in [5.74, 6) is 0.211. The zero-order valence-corrected chi connectivity index (χ0v) is 14.2. The Balaban J connectivity index is 2.87. The van der Waals surface area contributed by atoms with Gasteiger partial charge in [0.25, 0.3) is 0 Å². The van der Waals surface area contributed by atoms with Crippen LogP contribution in [0.1, 0.15) is 48.0 Å². The maximum absolute atomic E-state index is 12.7. The minimum atomic E-state index is -0.406. The molecule has 5 nitrogen and oxygen atoms in total. The third kappa shape index (κ3) is 4.43. The minimum absolute atomic E-state index is 0.0232. The summed E-state index contributed by atoms with van der Waals surface area (Å²) in [4.78, 5) is 26.8. The summed E-state index contributed by atoms with van der Waals surface area (Å²) in [6.07, 6.45) is 0.987.